The summed E-state index contributed by atoms with van der Waals surface area (Å²) in [4.78, 5) is 8.36. The second kappa shape index (κ2) is 3.15. The number of aryl methyl sites for hydroxylation is 1. The summed E-state index contributed by atoms with van der Waals surface area (Å²) in [6, 6.07) is 0. The second-order valence-electron chi connectivity index (χ2n) is 3.87. The van der Waals surface area contributed by atoms with E-state index in [0.29, 0.717) is 5.92 Å². The first-order valence-corrected chi connectivity index (χ1v) is 5.09. The molecule has 0 aromatic carbocycles. The van der Waals surface area contributed by atoms with Crippen molar-refractivity contribution in [2.24, 2.45) is 0 Å². The lowest BCUT2D eigenvalue weighted by atomic mass is 10.1. The molecule has 2 heterocycles. The summed E-state index contributed by atoms with van der Waals surface area (Å²) in [5.41, 5.74) is 2.79. The Hall–Kier alpha value is -1.71. The molecule has 0 bridgehead atoms. The molecule has 0 radical (unpaired) electrons. The molecule has 76 valence electrons. The van der Waals surface area contributed by atoms with Gasteiger partial charge in [-0.15, -0.1) is 0 Å². The number of hydrogen-bond donors (Lipinski definition) is 0. The Bertz CT molecular complexity index is 474. The third-order valence-electron chi connectivity index (χ3n) is 2.66. The Kier molecular flexibility index (Phi) is 1.80. The molecule has 0 aliphatic heterocycles. The van der Waals surface area contributed by atoms with Crippen LogP contribution in [-0.4, -0.2) is 15.1 Å². The summed E-state index contributed by atoms with van der Waals surface area (Å²) in [7, 11) is 0. The summed E-state index contributed by atoms with van der Waals surface area (Å²) >= 11 is 0. The van der Waals surface area contributed by atoms with Crippen molar-refractivity contribution in [1.29, 1.82) is 0 Å². The molecular formula is C11H11N3O. The van der Waals surface area contributed by atoms with E-state index in [1.807, 2.05) is 6.92 Å². The first kappa shape index (κ1) is 8.59. The molecule has 1 fully saturated rings. The van der Waals surface area contributed by atoms with Gasteiger partial charge in [0.1, 0.15) is 5.76 Å². The Balaban J connectivity index is 2.13. The molecule has 4 nitrogen and oxygen atoms in total. The standard InChI is InChI=1S/C11H11N3O/c1-7-10(9-6-12-4-5-13-9)11(15-14-7)8-2-3-8/h4-6,8H,2-3H2,1H3. The molecule has 0 amide bonds. The number of rotatable bonds is 2. The molecule has 15 heavy (non-hydrogen) atoms. The zero-order valence-corrected chi connectivity index (χ0v) is 8.47. The lowest BCUT2D eigenvalue weighted by Crippen LogP contribution is -1.88. The summed E-state index contributed by atoms with van der Waals surface area (Å²) in [6.45, 7) is 1.94. The van der Waals surface area contributed by atoms with Gasteiger partial charge in [0.15, 0.2) is 0 Å². The maximum absolute atomic E-state index is 5.36. The van der Waals surface area contributed by atoms with Crippen LogP contribution in [0.25, 0.3) is 11.3 Å². The third kappa shape index (κ3) is 1.42. The predicted octanol–water partition coefficient (Wildman–Crippen LogP) is 2.32. The molecule has 0 saturated heterocycles. The monoisotopic (exact) mass is 201 g/mol. The van der Waals surface area contributed by atoms with Crippen molar-refractivity contribution >= 4 is 0 Å². The minimum Gasteiger partial charge on any atom is -0.360 e. The van der Waals surface area contributed by atoms with Gasteiger partial charge >= 0.3 is 0 Å². The Morgan fingerprint density at radius 2 is 2.20 bits per heavy atom. The summed E-state index contributed by atoms with van der Waals surface area (Å²) in [6.07, 6.45) is 7.51. The zero-order chi connectivity index (χ0) is 10.3. The molecule has 0 N–H and O–H groups in total. The molecule has 0 unspecified atom stereocenters. The van der Waals surface area contributed by atoms with Crippen LogP contribution in [0.5, 0.6) is 0 Å². The van der Waals surface area contributed by atoms with Gasteiger partial charge in [0.25, 0.3) is 0 Å². The number of hydrogen-bond acceptors (Lipinski definition) is 4. The summed E-state index contributed by atoms with van der Waals surface area (Å²) in [5, 5.41) is 4.01. The summed E-state index contributed by atoms with van der Waals surface area (Å²) < 4.78 is 5.36. The Labute approximate surface area is 87.3 Å². The van der Waals surface area contributed by atoms with E-state index in [2.05, 4.69) is 15.1 Å². The predicted molar refractivity (Wildman–Crippen MR) is 54.2 cm³/mol. The molecule has 1 saturated carbocycles. The average molecular weight is 201 g/mol. The highest BCUT2D eigenvalue weighted by Crippen LogP contribution is 2.44. The maximum atomic E-state index is 5.36. The van der Waals surface area contributed by atoms with Gasteiger partial charge in [0.2, 0.25) is 0 Å². The van der Waals surface area contributed by atoms with E-state index in [1.165, 1.54) is 12.8 Å². The van der Waals surface area contributed by atoms with Gasteiger partial charge in [-0.3, -0.25) is 9.97 Å². The van der Waals surface area contributed by atoms with E-state index in [-0.39, 0.29) is 0 Å². The number of nitrogens with zero attached hydrogens (tertiary/aromatic N) is 3. The van der Waals surface area contributed by atoms with Crippen molar-refractivity contribution in [3.63, 3.8) is 0 Å². The normalized spacial score (nSPS) is 15.5. The first-order chi connectivity index (χ1) is 7.36. The highest BCUT2D eigenvalue weighted by atomic mass is 16.5. The van der Waals surface area contributed by atoms with Gasteiger partial charge in [-0.2, -0.15) is 0 Å². The van der Waals surface area contributed by atoms with Crippen LogP contribution in [0, 0.1) is 6.92 Å². The lowest BCUT2D eigenvalue weighted by molar-refractivity contribution is 0.381. The van der Waals surface area contributed by atoms with Crippen LogP contribution in [0.4, 0.5) is 0 Å². The molecule has 2 aromatic heterocycles. The van der Waals surface area contributed by atoms with E-state index in [1.54, 1.807) is 18.6 Å². The van der Waals surface area contributed by atoms with Gasteiger partial charge in [-0.1, -0.05) is 5.16 Å². The van der Waals surface area contributed by atoms with Gasteiger partial charge in [-0.05, 0) is 19.8 Å². The van der Waals surface area contributed by atoms with Gasteiger partial charge in [-0.25, -0.2) is 0 Å². The van der Waals surface area contributed by atoms with Crippen molar-refractivity contribution in [1.82, 2.24) is 15.1 Å². The molecular weight excluding hydrogens is 190 g/mol. The van der Waals surface area contributed by atoms with Gasteiger partial charge in [0, 0.05) is 18.3 Å². The summed E-state index contributed by atoms with van der Waals surface area (Å²) in [5.74, 6) is 1.52. The van der Waals surface area contributed by atoms with Crippen molar-refractivity contribution in [3.05, 3.63) is 30.0 Å². The second-order valence-corrected chi connectivity index (χ2v) is 3.87. The van der Waals surface area contributed by atoms with Crippen molar-refractivity contribution < 1.29 is 4.52 Å². The van der Waals surface area contributed by atoms with Crippen LogP contribution in [0.1, 0.15) is 30.2 Å². The van der Waals surface area contributed by atoms with E-state index in [9.17, 15) is 0 Å². The van der Waals surface area contributed by atoms with E-state index >= 15 is 0 Å². The fourth-order valence-corrected chi connectivity index (χ4v) is 1.75. The highest BCUT2D eigenvalue weighted by Gasteiger charge is 2.32. The Morgan fingerprint density at radius 1 is 1.33 bits per heavy atom. The van der Waals surface area contributed by atoms with Gasteiger partial charge in [0.05, 0.1) is 23.1 Å². The van der Waals surface area contributed by atoms with Crippen LogP contribution >= 0.6 is 0 Å². The average Bonchev–Trinajstić information content (AvgIpc) is 3.04. The van der Waals surface area contributed by atoms with E-state index in [0.717, 1.165) is 22.7 Å². The molecule has 0 atom stereocenters. The smallest absolute Gasteiger partial charge is 0.149 e. The van der Waals surface area contributed by atoms with Crippen LogP contribution in [0.3, 0.4) is 0 Å². The van der Waals surface area contributed by atoms with Crippen LogP contribution in [-0.2, 0) is 0 Å². The van der Waals surface area contributed by atoms with Crippen LogP contribution < -0.4 is 0 Å². The highest BCUT2D eigenvalue weighted by molar-refractivity contribution is 5.64. The fourth-order valence-electron chi connectivity index (χ4n) is 1.75. The van der Waals surface area contributed by atoms with Crippen molar-refractivity contribution in [2.75, 3.05) is 0 Å². The molecule has 3 rings (SSSR count). The lowest BCUT2D eigenvalue weighted by Gasteiger charge is -1.98. The van der Waals surface area contributed by atoms with Crippen LogP contribution in [0.2, 0.25) is 0 Å². The third-order valence-corrected chi connectivity index (χ3v) is 2.66. The molecule has 2 aromatic rings. The van der Waals surface area contributed by atoms with Gasteiger partial charge < -0.3 is 4.52 Å². The van der Waals surface area contributed by atoms with Crippen molar-refractivity contribution in [2.45, 2.75) is 25.7 Å². The van der Waals surface area contributed by atoms with E-state index < -0.39 is 0 Å². The first-order valence-electron chi connectivity index (χ1n) is 5.09. The topological polar surface area (TPSA) is 51.8 Å². The minimum atomic E-state index is 0.545. The zero-order valence-electron chi connectivity index (χ0n) is 8.47. The quantitative estimate of drug-likeness (QED) is 0.748. The molecule has 0 spiro atoms. The number of aromatic nitrogens is 3. The minimum absolute atomic E-state index is 0.545. The molecule has 1 aliphatic carbocycles. The maximum Gasteiger partial charge on any atom is 0.149 e. The van der Waals surface area contributed by atoms with Crippen LogP contribution in [0.15, 0.2) is 23.1 Å². The van der Waals surface area contributed by atoms with Crippen molar-refractivity contribution in [3.8, 4) is 11.3 Å². The SMILES string of the molecule is Cc1noc(C2CC2)c1-c1cnccn1. The largest absolute Gasteiger partial charge is 0.360 e. The van der Waals surface area contributed by atoms with E-state index in [4.69, 9.17) is 4.52 Å². The molecule has 4 heteroatoms. The Morgan fingerprint density at radius 3 is 2.87 bits per heavy atom. The molecule has 1 aliphatic rings. The fraction of sp³-hybridized carbons (Fsp3) is 0.364.